The van der Waals surface area contributed by atoms with Crippen LogP contribution in [0.15, 0.2) is 12.1 Å². The highest BCUT2D eigenvalue weighted by molar-refractivity contribution is 5.76. The second-order valence-corrected chi connectivity index (χ2v) is 7.76. The molecule has 0 aliphatic heterocycles. The Morgan fingerprint density at radius 1 is 1.12 bits per heavy atom. The third-order valence-electron chi connectivity index (χ3n) is 5.15. The van der Waals surface area contributed by atoms with Gasteiger partial charge in [0, 0.05) is 19.5 Å². The molecule has 10 heteroatoms. The number of nitro groups is 1. The number of nitrogens with one attached hydrogen (secondary N) is 2. The zero-order valence-corrected chi connectivity index (χ0v) is 20.3. The number of ether oxygens (including phenoxy) is 3. The molecule has 0 saturated heterocycles. The van der Waals surface area contributed by atoms with Gasteiger partial charge in [-0.05, 0) is 32.3 Å². The first-order chi connectivity index (χ1) is 15.8. The van der Waals surface area contributed by atoms with Crippen LogP contribution in [-0.2, 0) is 9.53 Å². The molecule has 1 rings (SSSR count). The minimum atomic E-state index is -0.874. The lowest BCUT2D eigenvalue weighted by molar-refractivity contribution is -0.386. The van der Waals surface area contributed by atoms with Crippen molar-refractivity contribution >= 4 is 17.7 Å². The Bertz CT molecular complexity index is 786. The van der Waals surface area contributed by atoms with Crippen LogP contribution in [0.4, 0.5) is 10.5 Å². The molecular formula is C23H37N3O7. The largest absolute Gasteiger partial charge is 0.493 e. The van der Waals surface area contributed by atoms with Crippen LogP contribution in [0.25, 0.3) is 0 Å². The van der Waals surface area contributed by atoms with E-state index in [0.29, 0.717) is 12.8 Å². The van der Waals surface area contributed by atoms with E-state index in [1.165, 1.54) is 33.2 Å². The molecule has 33 heavy (non-hydrogen) atoms. The highest BCUT2D eigenvalue weighted by atomic mass is 16.6. The number of methoxy groups -OCH3 is 1. The standard InChI is InChI=1S/C23H37N3O7/c1-6-8-11-17(10-7-2)25-22(27)12-9-13-32-21-15-19(26(29)30)18(14-20(21)31-5)16(3)33-23(28)24-4/h14-17H,6-13H2,1-5H3,(H,24,28)(H,25,27). The van der Waals surface area contributed by atoms with Crippen LogP contribution in [0.1, 0.15) is 77.4 Å². The van der Waals surface area contributed by atoms with Gasteiger partial charge in [-0.1, -0.05) is 33.1 Å². The molecule has 0 saturated carbocycles. The summed E-state index contributed by atoms with van der Waals surface area (Å²) >= 11 is 0. The summed E-state index contributed by atoms with van der Waals surface area (Å²) in [6.45, 7) is 5.95. The number of carbonyl (C=O) groups excluding carboxylic acids is 2. The topological polar surface area (TPSA) is 129 Å². The molecule has 0 spiro atoms. The molecule has 2 atom stereocenters. The molecule has 0 aromatic heterocycles. The predicted molar refractivity (Wildman–Crippen MR) is 125 cm³/mol. The molecule has 0 aliphatic rings. The summed E-state index contributed by atoms with van der Waals surface area (Å²) in [5, 5.41) is 17.0. The molecule has 0 fully saturated rings. The van der Waals surface area contributed by atoms with E-state index in [9.17, 15) is 19.7 Å². The highest BCUT2D eigenvalue weighted by Crippen LogP contribution is 2.38. The first-order valence-corrected chi connectivity index (χ1v) is 11.4. The van der Waals surface area contributed by atoms with E-state index in [2.05, 4.69) is 24.5 Å². The first-order valence-electron chi connectivity index (χ1n) is 11.4. The Balaban J connectivity index is 2.77. The Morgan fingerprint density at radius 3 is 2.42 bits per heavy atom. The number of nitro benzene ring substituents is 1. The summed E-state index contributed by atoms with van der Waals surface area (Å²) in [4.78, 5) is 34.8. The van der Waals surface area contributed by atoms with Gasteiger partial charge in [-0.25, -0.2) is 4.79 Å². The lowest BCUT2D eigenvalue weighted by Crippen LogP contribution is -2.34. The van der Waals surface area contributed by atoms with Crippen LogP contribution in [0.2, 0.25) is 0 Å². The SMILES string of the molecule is CCCCC(CCC)NC(=O)CCCOc1cc([N+](=O)[O-])c(C(C)OC(=O)NC)cc1OC. The number of hydrogen-bond acceptors (Lipinski definition) is 7. The fourth-order valence-corrected chi connectivity index (χ4v) is 3.41. The van der Waals surface area contributed by atoms with Crippen LogP contribution in [-0.4, -0.2) is 43.7 Å². The third-order valence-corrected chi connectivity index (χ3v) is 5.15. The quantitative estimate of drug-likeness (QED) is 0.218. The van der Waals surface area contributed by atoms with Crippen molar-refractivity contribution in [1.82, 2.24) is 10.6 Å². The molecule has 0 heterocycles. The average molecular weight is 468 g/mol. The maximum atomic E-state index is 12.3. The number of rotatable bonds is 15. The van der Waals surface area contributed by atoms with E-state index in [1.54, 1.807) is 0 Å². The van der Waals surface area contributed by atoms with E-state index >= 15 is 0 Å². The average Bonchev–Trinajstić information content (AvgIpc) is 2.79. The smallest absolute Gasteiger partial charge is 0.407 e. The predicted octanol–water partition coefficient (Wildman–Crippen LogP) is 4.65. The molecule has 0 radical (unpaired) electrons. The van der Waals surface area contributed by atoms with Crippen molar-refractivity contribution in [2.24, 2.45) is 0 Å². The van der Waals surface area contributed by atoms with Crippen molar-refractivity contribution in [3.63, 3.8) is 0 Å². The van der Waals surface area contributed by atoms with E-state index in [4.69, 9.17) is 14.2 Å². The maximum Gasteiger partial charge on any atom is 0.407 e. The van der Waals surface area contributed by atoms with Gasteiger partial charge >= 0.3 is 6.09 Å². The summed E-state index contributed by atoms with van der Waals surface area (Å²) < 4.78 is 16.1. The van der Waals surface area contributed by atoms with Crippen molar-refractivity contribution in [3.05, 3.63) is 27.8 Å². The maximum absolute atomic E-state index is 12.3. The Labute approximate surface area is 195 Å². The monoisotopic (exact) mass is 467 g/mol. The second kappa shape index (κ2) is 14.9. The van der Waals surface area contributed by atoms with Gasteiger partial charge in [0.05, 0.1) is 30.3 Å². The van der Waals surface area contributed by atoms with Crippen LogP contribution in [0.3, 0.4) is 0 Å². The highest BCUT2D eigenvalue weighted by Gasteiger charge is 2.26. The zero-order chi connectivity index (χ0) is 24.8. The minimum Gasteiger partial charge on any atom is -0.493 e. The van der Waals surface area contributed by atoms with Gasteiger partial charge in [0.15, 0.2) is 11.5 Å². The van der Waals surface area contributed by atoms with Gasteiger partial charge in [0.2, 0.25) is 5.91 Å². The van der Waals surface area contributed by atoms with Gasteiger partial charge in [0.25, 0.3) is 5.69 Å². The lowest BCUT2D eigenvalue weighted by atomic mass is 10.0. The van der Waals surface area contributed by atoms with Gasteiger partial charge in [0.1, 0.15) is 6.10 Å². The second-order valence-electron chi connectivity index (χ2n) is 7.76. The summed E-state index contributed by atoms with van der Waals surface area (Å²) in [6.07, 6.45) is 4.28. The Kier molecular flexibility index (Phi) is 12.7. The van der Waals surface area contributed by atoms with Gasteiger partial charge in [-0.2, -0.15) is 0 Å². The molecule has 1 aromatic rings. The van der Waals surface area contributed by atoms with Gasteiger partial charge in [-0.3, -0.25) is 14.9 Å². The number of amides is 2. The van der Waals surface area contributed by atoms with Crippen molar-refractivity contribution < 1.29 is 28.7 Å². The zero-order valence-electron chi connectivity index (χ0n) is 20.3. The van der Waals surface area contributed by atoms with Crippen molar-refractivity contribution in [1.29, 1.82) is 0 Å². The summed E-state index contributed by atoms with van der Waals surface area (Å²) in [7, 11) is 2.82. The molecule has 2 unspecified atom stereocenters. The summed E-state index contributed by atoms with van der Waals surface area (Å²) in [5.41, 5.74) is -0.0699. The number of hydrogen-bond donors (Lipinski definition) is 2. The molecular weight excluding hydrogens is 430 g/mol. The third kappa shape index (κ3) is 9.55. The molecule has 186 valence electrons. The first kappa shape index (κ1) is 28.0. The van der Waals surface area contributed by atoms with Crippen molar-refractivity contribution in [3.8, 4) is 11.5 Å². The molecule has 2 N–H and O–H groups in total. The number of nitrogens with zero attached hydrogens (tertiary/aromatic N) is 1. The minimum absolute atomic E-state index is 0.0263. The van der Waals surface area contributed by atoms with Crippen molar-refractivity contribution in [2.45, 2.75) is 77.9 Å². The van der Waals surface area contributed by atoms with Gasteiger partial charge in [-0.15, -0.1) is 0 Å². The van der Waals surface area contributed by atoms with Crippen LogP contribution >= 0.6 is 0 Å². The molecule has 2 amide bonds. The Morgan fingerprint density at radius 2 is 1.85 bits per heavy atom. The molecule has 0 aliphatic carbocycles. The molecule has 10 nitrogen and oxygen atoms in total. The van der Waals surface area contributed by atoms with E-state index < -0.39 is 17.1 Å². The van der Waals surface area contributed by atoms with E-state index in [0.717, 1.165) is 32.1 Å². The fraction of sp³-hybridized carbons (Fsp3) is 0.652. The van der Waals surface area contributed by atoms with Crippen molar-refractivity contribution in [2.75, 3.05) is 20.8 Å². The number of carbonyl (C=O) groups is 2. The number of unbranched alkanes of at least 4 members (excludes halogenated alkanes) is 1. The van der Waals surface area contributed by atoms with Crippen LogP contribution in [0.5, 0.6) is 11.5 Å². The normalized spacial score (nSPS) is 12.4. The summed E-state index contributed by atoms with van der Waals surface area (Å²) in [5.74, 6) is 0.434. The molecule has 0 bridgehead atoms. The fourth-order valence-electron chi connectivity index (χ4n) is 3.41. The summed E-state index contributed by atoms with van der Waals surface area (Å²) in [6, 6.07) is 2.87. The Hall–Kier alpha value is -3.04. The number of benzene rings is 1. The van der Waals surface area contributed by atoms with E-state index in [-0.39, 0.29) is 41.3 Å². The number of alkyl carbamates (subject to hydrolysis) is 1. The van der Waals surface area contributed by atoms with E-state index in [1.807, 2.05) is 0 Å². The van der Waals surface area contributed by atoms with Crippen LogP contribution in [0, 0.1) is 10.1 Å². The molecule has 1 aromatic carbocycles. The lowest BCUT2D eigenvalue weighted by Gasteiger charge is -2.18. The van der Waals surface area contributed by atoms with Gasteiger partial charge < -0.3 is 24.8 Å². The van der Waals surface area contributed by atoms with Crippen LogP contribution < -0.4 is 20.1 Å².